The molecule has 0 saturated carbocycles. The lowest BCUT2D eigenvalue weighted by Gasteiger charge is -2.27. The predicted octanol–water partition coefficient (Wildman–Crippen LogP) is 4.75. The van der Waals surface area contributed by atoms with Gasteiger partial charge in [-0.1, -0.05) is 18.2 Å². The predicted molar refractivity (Wildman–Crippen MR) is 119 cm³/mol. The lowest BCUT2D eigenvalue weighted by Crippen LogP contribution is -2.30. The number of nitrogens with zero attached hydrogens (tertiary/aromatic N) is 1. The standard InChI is InChI=1S/C24H22N2O4S/c27-23(22-7-3-13-31-22)25-18-5-1-4-17(14-18)24(28)26-10-2-6-19(26)16-8-9-20-21(15-16)30-12-11-29-20/h1,3-5,7-9,13-15,19H,2,6,10-12H2,(H,25,27). The molecule has 7 heteroatoms. The first kappa shape index (κ1) is 19.6. The molecule has 3 aromatic rings. The lowest BCUT2D eigenvalue weighted by atomic mass is 10.0. The topological polar surface area (TPSA) is 67.9 Å². The molecule has 1 atom stereocenters. The molecule has 1 fully saturated rings. The Hall–Kier alpha value is -3.32. The maximum atomic E-state index is 13.3. The van der Waals surface area contributed by atoms with E-state index in [9.17, 15) is 9.59 Å². The number of nitrogens with one attached hydrogen (secondary N) is 1. The summed E-state index contributed by atoms with van der Waals surface area (Å²) < 4.78 is 11.3. The number of carbonyl (C=O) groups is 2. The zero-order valence-electron chi connectivity index (χ0n) is 16.9. The fourth-order valence-electron chi connectivity index (χ4n) is 4.12. The van der Waals surface area contributed by atoms with Gasteiger partial charge >= 0.3 is 0 Å². The molecular formula is C24H22N2O4S. The number of amides is 2. The van der Waals surface area contributed by atoms with Gasteiger partial charge in [0.1, 0.15) is 13.2 Å². The van der Waals surface area contributed by atoms with Crippen LogP contribution >= 0.6 is 11.3 Å². The largest absolute Gasteiger partial charge is 0.486 e. The number of carbonyl (C=O) groups excluding carboxylic acids is 2. The second kappa shape index (κ2) is 8.43. The van der Waals surface area contributed by atoms with Crippen LogP contribution in [-0.4, -0.2) is 36.5 Å². The molecule has 2 aromatic carbocycles. The number of ether oxygens (including phenoxy) is 2. The number of rotatable bonds is 4. The molecule has 6 nitrogen and oxygen atoms in total. The number of benzene rings is 2. The Morgan fingerprint density at radius 1 is 1.00 bits per heavy atom. The van der Waals surface area contributed by atoms with Crippen LogP contribution in [0.15, 0.2) is 60.0 Å². The summed E-state index contributed by atoms with van der Waals surface area (Å²) >= 11 is 1.38. The Balaban J connectivity index is 1.35. The fourth-order valence-corrected chi connectivity index (χ4v) is 4.74. The Morgan fingerprint density at radius 3 is 2.71 bits per heavy atom. The number of fused-ring (bicyclic) bond motifs is 1. The Labute approximate surface area is 184 Å². The van der Waals surface area contributed by atoms with Crippen molar-refractivity contribution >= 4 is 28.8 Å². The molecule has 0 spiro atoms. The molecule has 5 rings (SSSR count). The Kier molecular flexibility index (Phi) is 5.34. The molecule has 1 aromatic heterocycles. The normalized spacial score (nSPS) is 17.4. The Bertz CT molecular complexity index is 1110. The minimum absolute atomic E-state index is 0.00677. The lowest BCUT2D eigenvalue weighted by molar-refractivity contribution is 0.0735. The van der Waals surface area contributed by atoms with E-state index in [1.165, 1.54) is 11.3 Å². The monoisotopic (exact) mass is 434 g/mol. The number of hydrogen-bond acceptors (Lipinski definition) is 5. The van der Waals surface area contributed by atoms with Crippen molar-refractivity contribution in [2.75, 3.05) is 25.1 Å². The second-order valence-corrected chi connectivity index (χ2v) is 8.52. The summed E-state index contributed by atoms with van der Waals surface area (Å²) in [5, 5.41) is 4.74. The number of anilines is 1. The molecule has 1 N–H and O–H groups in total. The van der Waals surface area contributed by atoms with Gasteiger partial charge in [-0.15, -0.1) is 11.3 Å². The van der Waals surface area contributed by atoms with Gasteiger partial charge < -0.3 is 19.7 Å². The highest BCUT2D eigenvalue weighted by molar-refractivity contribution is 7.12. The molecule has 3 heterocycles. The van der Waals surface area contributed by atoms with Crippen molar-refractivity contribution in [1.82, 2.24) is 4.90 Å². The average molecular weight is 435 g/mol. The summed E-state index contributed by atoms with van der Waals surface area (Å²) in [5.74, 6) is 1.28. The zero-order chi connectivity index (χ0) is 21.2. The van der Waals surface area contributed by atoms with E-state index in [1.807, 2.05) is 34.5 Å². The molecule has 0 aliphatic carbocycles. The third-order valence-electron chi connectivity index (χ3n) is 5.58. The van der Waals surface area contributed by atoms with Crippen molar-refractivity contribution < 1.29 is 19.1 Å². The first-order chi connectivity index (χ1) is 15.2. The summed E-state index contributed by atoms with van der Waals surface area (Å²) in [7, 11) is 0. The fraction of sp³-hybridized carbons (Fsp3) is 0.250. The highest BCUT2D eigenvalue weighted by Gasteiger charge is 2.31. The summed E-state index contributed by atoms with van der Waals surface area (Å²) in [4.78, 5) is 28.2. The highest BCUT2D eigenvalue weighted by atomic mass is 32.1. The minimum Gasteiger partial charge on any atom is -0.486 e. The van der Waals surface area contributed by atoms with E-state index < -0.39 is 0 Å². The van der Waals surface area contributed by atoms with Crippen LogP contribution in [0.4, 0.5) is 5.69 Å². The van der Waals surface area contributed by atoms with Crippen LogP contribution in [-0.2, 0) is 0 Å². The number of likely N-dealkylation sites (tertiary alicyclic amines) is 1. The van der Waals surface area contributed by atoms with E-state index in [0.717, 1.165) is 29.9 Å². The third-order valence-corrected chi connectivity index (χ3v) is 6.45. The molecule has 1 unspecified atom stereocenters. The summed E-state index contributed by atoms with van der Waals surface area (Å²) in [5.41, 5.74) is 2.23. The highest BCUT2D eigenvalue weighted by Crippen LogP contribution is 2.38. The van der Waals surface area contributed by atoms with Gasteiger partial charge in [0.25, 0.3) is 11.8 Å². The molecular weight excluding hydrogens is 412 g/mol. The smallest absolute Gasteiger partial charge is 0.265 e. The maximum Gasteiger partial charge on any atom is 0.265 e. The van der Waals surface area contributed by atoms with E-state index in [1.54, 1.807) is 30.3 Å². The zero-order valence-corrected chi connectivity index (χ0v) is 17.7. The van der Waals surface area contributed by atoms with Gasteiger partial charge in [0.2, 0.25) is 0 Å². The minimum atomic E-state index is -0.171. The van der Waals surface area contributed by atoms with E-state index in [2.05, 4.69) is 5.32 Å². The molecule has 2 amide bonds. The molecule has 31 heavy (non-hydrogen) atoms. The van der Waals surface area contributed by atoms with Crippen molar-refractivity contribution in [3.8, 4) is 11.5 Å². The van der Waals surface area contributed by atoms with Crippen molar-refractivity contribution in [2.24, 2.45) is 0 Å². The third kappa shape index (κ3) is 4.01. The van der Waals surface area contributed by atoms with Crippen molar-refractivity contribution in [2.45, 2.75) is 18.9 Å². The van der Waals surface area contributed by atoms with Crippen molar-refractivity contribution in [3.05, 3.63) is 76.0 Å². The van der Waals surface area contributed by atoms with Crippen LogP contribution in [0.25, 0.3) is 0 Å². The summed E-state index contributed by atoms with van der Waals surface area (Å²) in [6.45, 7) is 1.79. The van der Waals surface area contributed by atoms with Crippen LogP contribution in [0.1, 0.15) is 44.5 Å². The molecule has 1 saturated heterocycles. The van der Waals surface area contributed by atoms with Gasteiger partial charge in [-0.25, -0.2) is 0 Å². The van der Waals surface area contributed by atoms with E-state index >= 15 is 0 Å². The maximum absolute atomic E-state index is 13.3. The summed E-state index contributed by atoms with van der Waals surface area (Å²) in [6.07, 6.45) is 1.85. The van der Waals surface area contributed by atoms with Gasteiger partial charge in [0.15, 0.2) is 11.5 Å². The molecule has 2 aliphatic heterocycles. The first-order valence-corrected chi connectivity index (χ1v) is 11.2. The van der Waals surface area contributed by atoms with Crippen LogP contribution in [0.5, 0.6) is 11.5 Å². The van der Waals surface area contributed by atoms with E-state index in [4.69, 9.17) is 9.47 Å². The SMILES string of the molecule is O=C(Nc1cccc(C(=O)N2CCCC2c2ccc3c(c2)OCCO3)c1)c1cccs1. The first-order valence-electron chi connectivity index (χ1n) is 10.3. The number of thiophene rings is 1. The van der Waals surface area contributed by atoms with Gasteiger partial charge in [-0.2, -0.15) is 0 Å². The number of hydrogen-bond donors (Lipinski definition) is 1. The molecule has 0 radical (unpaired) electrons. The van der Waals surface area contributed by atoms with Crippen LogP contribution in [0.3, 0.4) is 0 Å². The van der Waals surface area contributed by atoms with Gasteiger partial charge in [-0.05, 0) is 60.2 Å². The van der Waals surface area contributed by atoms with E-state index in [0.29, 0.717) is 35.9 Å². The van der Waals surface area contributed by atoms with Crippen LogP contribution in [0, 0.1) is 0 Å². The van der Waals surface area contributed by atoms with Crippen molar-refractivity contribution in [1.29, 1.82) is 0 Å². The molecule has 2 aliphatic rings. The van der Waals surface area contributed by atoms with Gasteiger partial charge in [0.05, 0.1) is 10.9 Å². The quantitative estimate of drug-likeness (QED) is 0.644. The Morgan fingerprint density at radius 2 is 1.87 bits per heavy atom. The van der Waals surface area contributed by atoms with Crippen molar-refractivity contribution in [3.63, 3.8) is 0 Å². The van der Waals surface area contributed by atoms with Crippen LogP contribution < -0.4 is 14.8 Å². The molecule has 158 valence electrons. The van der Waals surface area contributed by atoms with Gasteiger partial charge in [-0.3, -0.25) is 9.59 Å². The summed E-state index contributed by atoms with van der Waals surface area (Å²) in [6, 6.07) is 16.7. The van der Waals surface area contributed by atoms with Crippen LogP contribution in [0.2, 0.25) is 0 Å². The molecule has 0 bridgehead atoms. The van der Waals surface area contributed by atoms with Gasteiger partial charge in [0, 0.05) is 17.8 Å². The van der Waals surface area contributed by atoms with E-state index in [-0.39, 0.29) is 17.9 Å². The average Bonchev–Trinajstić information content (AvgIpc) is 3.51. The second-order valence-electron chi connectivity index (χ2n) is 7.57.